The predicted octanol–water partition coefficient (Wildman–Crippen LogP) is 5.92. The highest BCUT2D eigenvalue weighted by molar-refractivity contribution is 7.59. The van der Waals surface area contributed by atoms with Gasteiger partial charge < -0.3 is 30.3 Å². The summed E-state index contributed by atoms with van der Waals surface area (Å²) >= 11 is 0. The van der Waals surface area contributed by atoms with Gasteiger partial charge in [0, 0.05) is 11.5 Å². The van der Waals surface area contributed by atoms with E-state index in [0.717, 1.165) is 57.5 Å². The summed E-state index contributed by atoms with van der Waals surface area (Å²) in [5, 5.41) is 27.9. The summed E-state index contributed by atoms with van der Waals surface area (Å²) in [6, 6.07) is 0.152. The fraction of sp³-hybridized carbons (Fsp3) is 0.972. The molecule has 0 aromatic rings. The third-order valence-corrected chi connectivity index (χ3v) is 15.3. The van der Waals surface area contributed by atoms with Gasteiger partial charge in [0.15, 0.2) is 0 Å². The van der Waals surface area contributed by atoms with Crippen LogP contribution in [0.1, 0.15) is 119 Å². The Morgan fingerprint density at radius 2 is 1.66 bits per heavy atom. The number of ether oxygens (including phenoxy) is 2. The van der Waals surface area contributed by atoms with E-state index in [9.17, 15) is 15.0 Å². The Morgan fingerprint density at radius 1 is 0.955 bits per heavy atom. The molecule has 44 heavy (non-hydrogen) atoms. The normalized spacial score (nSPS) is 47.3. The van der Waals surface area contributed by atoms with Gasteiger partial charge in [0.2, 0.25) is 0 Å². The first-order chi connectivity index (χ1) is 20.2. The Hall–Kier alpha value is -0.540. The first kappa shape index (κ1) is 33.4. The molecule has 4 N–H and O–H groups in total. The number of aliphatic hydroxyl groups excluding tert-OH is 1. The maximum Gasteiger partial charge on any atom is 0.407 e. The Kier molecular flexibility index (Phi) is 8.55. The molecule has 2 spiro atoms. The number of hydrogen-bond acceptors (Lipinski definition) is 6. The zero-order valence-electron chi connectivity index (χ0n) is 28.3. The van der Waals surface area contributed by atoms with Crippen molar-refractivity contribution >= 4 is 19.6 Å². The Labute approximate surface area is 273 Å². The summed E-state index contributed by atoms with van der Waals surface area (Å²) in [6.45, 7) is 15.0. The smallest absolute Gasteiger partial charge is 0.407 e. The molecule has 0 aromatic heterocycles. The molecule has 0 aromatic carbocycles. The number of piperidine rings is 1. The number of amides is 1. The maximum atomic E-state index is 13.1. The second-order valence-corrected chi connectivity index (χ2v) is 17.8. The van der Waals surface area contributed by atoms with Crippen LogP contribution in [0.4, 0.5) is 4.79 Å². The fourth-order valence-electron chi connectivity index (χ4n) is 13.0. The van der Waals surface area contributed by atoms with Crippen molar-refractivity contribution in [2.24, 2.45) is 51.2 Å². The molecule has 12 atom stereocenters. The summed E-state index contributed by atoms with van der Waals surface area (Å²) in [7, 11) is 0. The number of fused-ring (bicyclic) bond motifs is 4. The average Bonchev–Trinajstić information content (AvgIpc) is 3.54. The zero-order valence-corrected chi connectivity index (χ0v) is 29.3. The number of rotatable bonds is 5. The molecule has 7 rings (SSSR count). The van der Waals surface area contributed by atoms with Crippen LogP contribution in [0.3, 0.4) is 0 Å². The largest absolute Gasteiger partial charge is 0.446 e. The van der Waals surface area contributed by atoms with Crippen molar-refractivity contribution < 1.29 is 24.5 Å². The molecule has 2 heterocycles. The second-order valence-electron chi connectivity index (χ2n) is 17.8. The predicted molar refractivity (Wildman–Crippen MR) is 177 cm³/mol. The van der Waals surface area contributed by atoms with Gasteiger partial charge in [0.1, 0.15) is 12.2 Å². The molecule has 9 unspecified atom stereocenters. The summed E-state index contributed by atoms with van der Waals surface area (Å²) < 4.78 is 13.0. The molecule has 7 nitrogen and oxygen atoms in total. The molecule has 5 saturated carbocycles. The van der Waals surface area contributed by atoms with Crippen molar-refractivity contribution in [1.82, 2.24) is 10.6 Å². The van der Waals surface area contributed by atoms with Gasteiger partial charge in [-0.3, -0.25) is 0 Å². The standard InChI is InChI=1S/C36H60N2O5.H2S/c1-21(22-12-17-37-18-13-22)38-31(40)43-29-11-14-36-20-35(36)16-15-34(6)24-7-9-26(30(39)33(4,5)41)42-27(24)19-25(34)23(35)8-10-28(36)32(29,2)3;/h21-30,37,39,41H,7-20H2,1-6H3,(H,38,40);1H2/t21?,23?,24?,25?,26?,27?,28?,29-,30-,34?,35-,36?;/m0./s1. The number of carbonyl (C=O) groups excluding carboxylic acids is 1. The summed E-state index contributed by atoms with van der Waals surface area (Å²) in [5.41, 5.74) is 0.0231. The molecule has 7 fully saturated rings. The highest BCUT2D eigenvalue weighted by Crippen LogP contribution is 2.87. The maximum absolute atomic E-state index is 13.1. The molecule has 0 bridgehead atoms. The number of alkyl carbamates (subject to hydrolysis) is 1. The Bertz CT molecular complexity index is 1090. The quantitative estimate of drug-likeness (QED) is 0.300. The van der Waals surface area contributed by atoms with E-state index >= 15 is 0 Å². The van der Waals surface area contributed by atoms with Crippen molar-refractivity contribution in [1.29, 1.82) is 0 Å². The van der Waals surface area contributed by atoms with E-state index in [1.807, 2.05) is 0 Å². The minimum absolute atomic E-state index is 0. The number of aliphatic hydroxyl groups is 2. The number of hydrogen-bond donors (Lipinski definition) is 4. The zero-order chi connectivity index (χ0) is 30.6. The summed E-state index contributed by atoms with van der Waals surface area (Å²) in [5.74, 6) is 3.15. The van der Waals surface area contributed by atoms with E-state index in [4.69, 9.17) is 9.47 Å². The van der Waals surface area contributed by atoms with Crippen LogP contribution in [0.15, 0.2) is 0 Å². The van der Waals surface area contributed by atoms with Crippen LogP contribution in [0, 0.1) is 51.2 Å². The first-order valence-corrected chi connectivity index (χ1v) is 18.0. The van der Waals surface area contributed by atoms with Crippen LogP contribution >= 0.6 is 13.5 Å². The van der Waals surface area contributed by atoms with Crippen LogP contribution in [0.2, 0.25) is 0 Å². The summed E-state index contributed by atoms with van der Waals surface area (Å²) in [4.78, 5) is 13.1. The highest BCUT2D eigenvalue weighted by Gasteiger charge is 2.81. The minimum atomic E-state index is -1.14. The average molecular weight is 635 g/mol. The van der Waals surface area contributed by atoms with E-state index in [2.05, 4.69) is 38.3 Å². The molecule has 2 aliphatic heterocycles. The van der Waals surface area contributed by atoms with Crippen LogP contribution in [0.5, 0.6) is 0 Å². The van der Waals surface area contributed by atoms with Crippen molar-refractivity contribution in [2.75, 3.05) is 13.1 Å². The van der Waals surface area contributed by atoms with Crippen molar-refractivity contribution in [3.63, 3.8) is 0 Å². The molecular formula is C36H62N2O5S. The molecule has 0 radical (unpaired) electrons. The van der Waals surface area contributed by atoms with E-state index in [0.29, 0.717) is 39.9 Å². The Balaban J connectivity index is 0.00000343. The lowest BCUT2D eigenvalue weighted by atomic mass is 9.46. The lowest BCUT2D eigenvalue weighted by Gasteiger charge is -2.59. The number of nitrogens with one attached hydrogen (secondary N) is 2. The first-order valence-electron chi connectivity index (χ1n) is 18.0. The highest BCUT2D eigenvalue weighted by atomic mass is 32.1. The second kappa shape index (κ2) is 11.3. The van der Waals surface area contributed by atoms with Crippen molar-refractivity contribution in [3.05, 3.63) is 0 Å². The lowest BCUT2D eigenvalue weighted by molar-refractivity contribution is -0.177. The van der Waals surface area contributed by atoms with Gasteiger partial charge in [-0.1, -0.05) is 20.8 Å². The van der Waals surface area contributed by atoms with E-state index in [-0.39, 0.29) is 49.4 Å². The summed E-state index contributed by atoms with van der Waals surface area (Å²) in [6.07, 6.45) is 12.9. The molecule has 7 aliphatic rings. The van der Waals surface area contributed by atoms with Gasteiger partial charge in [-0.15, -0.1) is 0 Å². The van der Waals surface area contributed by atoms with Gasteiger partial charge >= 0.3 is 6.09 Å². The van der Waals surface area contributed by atoms with Crippen molar-refractivity contribution in [3.8, 4) is 0 Å². The fourth-order valence-corrected chi connectivity index (χ4v) is 13.0. The molecule has 252 valence electrons. The van der Waals surface area contributed by atoms with Gasteiger partial charge in [-0.2, -0.15) is 13.5 Å². The molecule has 1 amide bonds. The van der Waals surface area contributed by atoms with Crippen molar-refractivity contribution in [2.45, 2.75) is 155 Å². The van der Waals surface area contributed by atoms with Gasteiger partial charge in [-0.25, -0.2) is 4.79 Å². The molecule has 8 heteroatoms. The number of carbonyl (C=O) groups is 1. The molecule has 5 aliphatic carbocycles. The monoisotopic (exact) mass is 634 g/mol. The van der Waals surface area contributed by atoms with Gasteiger partial charge in [-0.05, 0) is 157 Å². The van der Waals surface area contributed by atoms with Crippen LogP contribution in [-0.2, 0) is 9.47 Å². The van der Waals surface area contributed by atoms with E-state index in [1.165, 1.54) is 38.5 Å². The third-order valence-electron chi connectivity index (χ3n) is 15.3. The third kappa shape index (κ3) is 4.92. The molecule has 2 saturated heterocycles. The Morgan fingerprint density at radius 3 is 2.36 bits per heavy atom. The molecular weight excluding hydrogens is 572 g/mol. The topological polar surface area (TPSA) is 100 Å². The van der Waals surface area contributed by atoms with Gasteiger partial charge in [0.25, 0.3) is 0 Å². The van der Waals surface area contributed by atoms with Gasteiger partial charge in [0.05, 0.1) is 17.8 Å². The van der Waals surface area contributed by atoms with E-state index in [1.54, 1.807) is 13.8 Å². The van der Waals surface area contributed by atoms with Crippen LogP contribution in [0.25, 0.3) is 0 Å². The van der Waals surface area contributed by atoms with E-state index < -0.39 is 11.7 Å². The van der Waals surface area contributed by atoms with Crippen LogP contribution in [-0.4, -0.2) is 65.5 Å². The minimum Gasteiger partial charge on any atom is -0.446 e. The lowest BCUT2D eigenvalue weighted by Crippen LogP contribution is -2.55. The SMILES string of the molecule is CC(NC(=O)O[C@H]1CCC23C[C@]24CCC2(C)C5CCC([C@H](O)C(C)(C)O)OC5CC2C4CCC3C1(C)C)C1CCNCC1.S. The van der Waals surface area contributed by atoms with Crippen LogP contribution < -0.4 is 10.6 Å².